The van der Waals surface area contributed by atoms with Crippen LogP contribution in [0.1, 0.15) is 13.3 Å². The van der Waals surface area contributed by atoms with Crippen LogP contribution in [0.25, 0.3) is 22.0 Å². The average Bonchev–Trinajstić information content (AvgIpc) is 3.04. The van der Waals surface area contributed by atoms with Crippen LogP contribution in [-0.2, 0) is 0 Å². The Kier molecular flexibility index (Phi) is 5.10. The summed E-state index contributed by atoms with van der Waals surface area (Å²) in [7, 11) is 0. The number of benzene rings is 1. The van der Waals surface area contributed by atoms with Crippen LogP contribution in [0.4, 0.5) is 5.13 Å². The molecule has 2 heterocycles. The van der Waals surface area contributed by atoms with Crippen molar-refractivity contribution in [3.8, 4) is 22.0 Å². The lowest BCUT2D eigenvalue weighted by Crippen LogP contribution is -1.97. The highest BCUT2D eigenvalue weighted by atomic mass is 35.5. The third-order valence-corrected chi connectivity index (χ3v) is 4.65. The standard InChI is InChI=1S/C16H14Cl2N4S/c1-2-6-20-16-21-9-14(23-16)13-5-7-19-15(22-13)11-8-10(17)3-4-12(11)18/h3-5,7-9H,2,6H2,1H3,(H,20,21). The van der Waals surface area contributed by atoms with Crippen LogP contribution >= 0.6 is 34.5 Å². The average molecular weight is 365 g/mol. The van der Waals surface area contributed by atoms with Gasteiger partial charge in [0, 0.05) is 29.5 Å². The van der Waals surface area contributed by atoms with Crippen molar-refractivity contribution in [2.24, 2.45) is 0 Å². The fourth-order valence-electron chi connectivity index (χ4n) is 2.00. The molecular formula is C16H14Cl2N4S. The van der Waals surface area contributed by atoms with Gasteiger partial charge in [0.2, 0.25) is 0 Å². The molecule has 7 heteroatoms. The highest BCUT2D eigenvalue weighted by Gasteiger charge is 2.11. The first-order valence-corrected chi connectivity index (χ1v) is 8.73. The lowest BCUT2D eigenvalue weighted by atomic mass is 10.2. The van der Waals surface area contributed by atoms with Gasteiger partial charge in [0.1, 0.15) is 0 Å². The molecule has 118 valence electrons. The van der Waals surface area contributed by atoms with Gasteiger partial charge in [-0.3, -0.25) is 0 Å². The highest BCUT2D eigenvalue weighted by Crippen LogP contribution is 2.31. The SMILES string of the molecule is CCCNc1ncc(-c2ccnc(-c3cc(Cl)ccc3Cl)n2)s1. The topological polar surface area (TPSA) is 50.7 Å². The van der Waals surface area contributed by atoms with Crippen LogP contribution in [0, 0.1) is 0 Å². The number of thiazole rings is 1. The summed E-state index contributed by atoms with van der Waals surface area (Å²) < 4.78 is 0. The molecule has 3 rings (SSSR count). The zero-order chi connectivity index (χ0) is 16.2. The highest BCUT2D eigenvalue weighted by molar-refractivity contribution is 7.18. The lowest BCUT2D eigenvalue weighted by Gasteiger charge is -2.05. The Balaban J connectivity index is 1.93. The van der Waals surface area contributed by atoms with Crippen molar-refractivity contribution in [1.82, 2.24) is 15.0 Å². The molecule has 0 saturated carbocycles. The molecule has 0 aliphatic carbocycles. The van der Waals surface area contributed by atoms with Crippen molar-refractivity contribution in [2.45, 2.75) is 13.3 Å². The van der Waals surface area contributed by atoms with Crippen LogP contribution in [-0.4, -0.2) is 21.5 Å². The molecule has 3 aromatic rings. The van der Waals surface area contributed by atoms with Gasteiger partial charge < -0.3 is 5.32 Å². The van der Waals surface area contributed by atoms with E-state index in [1.54, 1.807) is 35.7 Å². The molecule has 0 fully saturated rings. The molecule has 0 bridgehead atoms. The smallest absolute Gasteiger partial charge is 0.183 e. The summed E-state index contributed by atoms with van der Waals surface area (Å²) in [6, 6.07) is 7.11. The van der Waals surface area contributed by atoms with Crippen molar-refractivity contribution < 1.29 is 0 Å². The fourth-order valence-corrected chi connectivity index (χ4v) is 3.19. The summed E-state index contributed by atoms with van der Waals surface area (Å²) in [6.45, 7) is 3.02. The maximum Gasteiger partial charge on any atom is 0.183 e. The van der Waals surface area contributed by atoms with Gasteiger partial charge in [-0.25, -0.2) is 15.0 Å². The number of hydrogen-bond acceptors (Lipinski definition) is 5. The Bertz CT molecular complexity index is 819. The van der Waals surface area contributed by atoms with Crippen LogP contribution in [0.15, 0.2) is 36.7 Å². The third-order valence-electron chi connectivity index (χ3n) is 3.11. The van der Waals surface area contributed by atoms with Crippen molar-refractivity contribution >= 4 is 39.7 Å². The van der Waals surface area contributed by atoms with Gasteiger partial charge in [-0.1, -0.05) is 41.5 Å². The van der Waals surface area contributed by atoms with E-state index in [0.29, 0.717) is 15.9 Å². The molecular weight excluding hydrogens is 351 g/mol. The number of nitrogens with one attached hydrogen (secondary N) is 1. The minimum absolute atomic E-state index is 0.548. The minimum atomic E-state index is 0.548. The Morgan fingerprint density at radius 2 is 2.04 bits per heavy atom. The Morgan fingerprint density at radius 3 is 2.87 bits per heavy atom. The molecule has 1 aromatic carbocycles. The molecule has 0 aliphatic heterocycles. The molecule has 0 atom stereocenters. The largest absolute Gasteiger partial charge is 0.362 e. The Morgan fingerprint density at radius 1 is 1.17 bits per heavy atom. The first-order chi connectivity index (χ1) is 11.2. The molecule has 0 spiro atoms. The minimum Gasteiger partial charge on any atom is -0.362 e. The molecule has 1 N–H and O–H groups in total. The first kappa shape index (κ1) is 16.2. The molecule has 0 aliphatic rings. The van der Waals surface area contributed by atoms with E-state index in [1.165, 1.54) is 0 Å². The van der Waals surface area contributed by atoms with Crippen LogP contribution in [0.5, 0.6) is 0 Å². The summed E-state index contributed by atoms with van der Waals surface area (Å²) in [5.74, 6) is 0.548. The van der Waals surface area contributed by atoms with Gasteiger partial charge in [-0.05, 0) is 30.7 Å². The van der Waals surface area contributed by atoms with Crippen LogP contribution in [0.3, 0.4) is 0 Å². The van der Waals surface area contributed by atoms with Gasteiger partial charge in [-0.15, -0.1) is 0 Å². The van der Waals surface area contributed by atoms with E-state index < -0.39 is 0 Å². The first-order valence-electron chi connectivity index (χ1n) is 7.16. The maximum absolute atomic E-state index is 6.23. The van der Waals surface area contributed by atoms with E-state index in [4.69, 9.17) is 23.2 Å². The maximum atomic E-state index is 6.23. The van der Waals surface area contributed by atoms with E-state index in [9.17, 15) is 0 Å². The van der Waals surface area contributed by atoms with Gasteiger partial charge in [0.15, 0.2) is 11.0 Å². The predicted octanol–water partition coefficient (Wildman–Crippen LogP) is 5.40. The Labute approximate surface area is 148 Å². The summed E-state index contributed by atoms with van der Waals surface area (Å²) in [5, 5.41) is 5.33. The summed E-state index contributed by atoms with van der Waals surface area (Å²) >= 11 is 13.8. The number of halogens is 2. The lowest BCUT2D eigenvalue weighted by molar-refractivity contribution is 0.976. The second-order valence-corrected chi connectivity index (χ2v) is 6.72. The summed E-state index contributed by atoms with van der Waals surface area (Å²) in [5.41, 5.74) is 1.53. The second kappa shape index (κ2) is 7.25. The zero-order valence-corrected chi connectivity index (χ0v) is 14.7. The van der Waals surface area contributed by atoms with Gasteiger partial charge in [-0.2, -0.15) is 0 Å². The van der Waals surface area contributed by atoms with Crippen LogP contribution in [0.2, 0.25) is 10.0 Å². The van der Waals surface area contributed by atoms with E-state index in [-0.39, 0.29) is 0 Å². The van der Waals surface area contributed by atoms with Crippen molar-refractivity contribution in [3.05, 3.63) is 46.7 Å². The van der Waals surface area contributed by atoms with Crippen LogP contribution < -0.4 is 5.32 Å². The molecule has 4 nitrogen and oxygen atoms in total. The summed E-state index contributed by atoms with van der Waals surface area (Å²) in [6.07, 6.45) is 4.59. The zero-order valence-electron chi connectivity index (χ0n) is 12.4. The predicted molar refractivity (Wildman–Crippen MR) is 97.4 cm³/mol. The van der Waals surface area contributed by atoms with Gasteiger partial charge >= 0.3 is 0 Å². The number of hydrogen-bond donors (Lipinski definition) is 1. The normalized spacial score (nSPS) is 10.7. The van der Waals surface area contributed by atoms with Crippen molar-refractivity contribution in [3.63, 3.8) is 0 Å². The monoisotopic (exact) mass is 364 g/mol. The quantitative estimate of drug-likeness (QED) is 0.658. The second-order valence-electron chi connectivity index (χ2n) is 4.85. The summed E-state index contributed by atoms with van der Waals surface area (Å²) in [4.78, 5) is 14.2. The van der Waals surface area contributed by atoms with E-state index >= 15 is 0 Å². The molecule has 0 radical (unpaired) electrons. The van der Waals surface area contributed by atoms with E-state index in [1.807, 2.05) is 12.3 Å². The third kappa shape index (κ3) is 3.80. The fraction of sp³-hybridized carbons (Fsp3) is 0.188. The van der Waals surface area contributed by atoms with Gasteiger partial charge in [0.25, 0.3) is 0 Å². The van der Waals surface area contributed by atoms with E-state index in [0.717, 1.165) is 34.2 Å². The number of rotatable bonds is 5. The Hall–Kier alpha value is -1.69. The molecule has 23 heavy (non-hydrogen) atoms. The molecule has 0 unspecified atom stereocenters. The molecule has 0 saturated heterocycles. The van der Waals surface area contributed by atoms with Crippen molar-refractivity contribution in [1.29, 1.82) is 0 Å². The van der Waals surface area contributed by atoms with E-state index in [2.05, 4.69) is 27.2 Å². The number of nitrogens with zero attached hydrogens (tertiary/aromatic N) is 3. The molecule has 0 amide bonds. The number of anilines is 1. The van der Waals surface area contributed by atoms with Gasteiger partial charge in [0.05, 0.1) is 15.6 Å². The number of aromatic nitrogens is 3. The van der Waals surface area contributed by atoms with Crippen molar-refractivity contribution in [2.75, 3.05) is 11.9 Å². The molecule has 2 aromatic heterocycles.